The van der Waals surface area contributed by atoms with E-state index in [-0.39, 0.29) is 17.7 Å². The fourth-order valence-electron chi connectivity index (χ4n) is 2.06. The molecule has 0 unspecified atom stereocenters. The fourth-order valence-corrected chi connectivity index (χ4v) is 2.06. The van der Waals surface area contributed by atoms with Crippen LogP contribution in [0, 0.1) is 0 Å². The maximum atomic E-state index is 13.2. The molecule has 0 radical (unpaired) electrons. The van der Waals surface area contributed by atoms with Crippen LogP contribution in [-0.2, 0) is 9.53 Å². The molecule has 4 nitrogen and oxygen atoms in total. The van der Waals surface area contributed by atoms with Gasteiger partial charge in [-0.1, -0.05) is 18.2 Å². The first-order valence-electron chi connectivity index (χ1n) is 7.24. The standard InChI is InChI=1S/C16H13F6NO3/c17-14(15(18,19)20)16(21,22)26-12-7-1-9(2-8-12)13(25)23-10-3-5-11(24)6-4-10/h1-7,12,14,24H,8H2,(H,23,25)/t12-,14-/m0/s1. The zero-order valence-corrected chi connectivity index (χ0v) is 12.9. The fraction of sp³-hybridized carbons (Fsp3) is 0.312. The highest BCUT2D eigenvalue weighted by atomic mass is 19.4. The largest absolute Gasteiger partial charge is 0.508 e. The first-order valence-corrected chi connectivity index (χ1v) is 7.24. The minimum atomic E-state index is -5.76. The van der Waals surface area contributed by atoms with Crippen LogP contribution in [0.25, 0.3) is 0 Å². The average Bonchev–Trinajstić information content (AvgIpc) is 2.55. The number of benzene rings is 1. The molecule has 0 aliphatic heterocycles. The van der Waals surface area contributed by atoms with Gasteiger partial charge in [-0.3, -0.25) is 4.79 Å². The molecule has 142 valence electrons. The summed E-state index contributed by atoms with van der Waals surface area (Å²) in [6.07, 6.45) is -13.9. The maximum Gasteiger partial charge on any atom is 0.428 e. The topological polar surface area (TPSA) is 58.6 Å². The SMILES string of the molecule is O=C(Nc1ccc(O)cc1)C1=CC[C@@H](OC(F)(F)[C@@H](F)C(F)(F)F)C=C1. The lowest BCUT2D eigenvalue weighted by atomic mass is 10.0. The smallest absolute Gasteiger partial charge is 0.428 e. The van der Waals surface area contributed by atoms with Crippen molar-refractivity contribution in [3.8, 4) is 5.75 Å². The van der Waals surface area contributed by atoms with Crippen LogP contribution in [0.3, 0.4) is 0 Å². The number of anilines is 1. The number of rotatable bonds is 5. The molecule has 0 heterocycles. The second-order valence-electron chi connectivity index (χ2n) is 5.38. The van der Waals surface area contributed by atoms with E-state index in [2.05, 4.69) is 10.1 Å². The molecule has 0 bridgehead atoms. The molecular weight excluding hydrogens is 368 g/mol. The van der Waals surface area contributed by atoms with Gasteiger partial charge >= 0.3 is 12.3 Å². The first-order chi connectivity index (χ1) is 12.0. The highest BCUT2D eigenvalue weighted by Gasteiger charge is 2.58. The Bertz CT molecular complexity index is 712. The molecule has 1 aromatic carbocycles. The Hall–Kier alpha value is -2.49. The van der Waals surface area contributed by atoms with Crippen molar-refractivity contribution in [1.82, 2.24) is 0 Å². The molecule has 0 fully saturated rings. The first kappa shape index (κ1) is 19.8. The summed E-state index contributed by atoms with van der Waals surface area (Å²) in [5, 5.41) is 11.6. The van der Waals surface area contributed by atoms with Gasteiger partial charge < -0.3 is 15.2 Å². The van der Waals surface area contributed by atoms with E-state index >= 15 is 0 Å². The number of hydrogen-bond donors (Lipinski definition) is 2. The molecule has 0 spiro atoms. The van der Waals surface area contributed by atoms with Crippen molar-refractivity contribution in [1.29, 1.82) is 0 Å². The van der Waals surface area contributed by atoms with Crippen LogP contribution >= 0.6 is 0 Å². The number of phenols is 1. The normalized spacial score (nSPS) is 19.0. The summed E-state index contributed by atoms with van der Waals surface area (Å²) < 4.78 is 79.3. The Morgan fingerprint density at radius 1 is 1.19 bits per heavy atom. The summed E-state index contributed by atoms with van der Waals surface area (Å²) in [6, 6.07) is 5.51. The van der Waals surface area contributed by atoms with Crippen molar-refractivity contribution >= 4 is 11.6 Å². The lowest BCUT2D eigenvalue weighted by Gasteiger charge is -2.26. The van der Waals surface area contributed by atoms with Crippen LogP contribution < -0.4 is 5.32 Å². The number of aromatic hydroxyl groups is 1. The number of phenolic OH excluding ortho intramolecular Hbond substituents is 1. The van der Waals surface area contributed by atoms with Gasteiger partial charge in [-0.25, -0.2) is 4.39 Å². The van der Waals surface area contributed by atoms with Crippen LogP contribution in [0.15, 0.2) is 48.1 Å². The average molecular weight is 381 g/mol. The van der Waals surface area contributed by atoms with Gasteiger partial charge in [-0.15, -0.1) is 0 Å². The van der Waals surface area contributed by atoms with Crippen molar-refractivity contribution in [2.24, 2.45) is 0 Å². The molecule has 0 aromatic heterocycles. The van der Waals surface area contributed by atoms with Gasteiger partial charge in [0.05, 0.1) is 6.10 Å². The van der Waals surface area contributed by atoms with E-state index in [0.717, 1.165) is 12.2 Å². The molecule has 2 rings (SSSR count). The van der Waals surface area contributed by atoms with Crippen molar-refractivity contribution in [2.75, 3.05) is 5.32 Å². The van der Waals surface area contributed by atoms with Crippen molar-refractivity contribution < 1.29 is 41.0 Å². The zero-order valence-electron chi connectivity index (χ0n) is 12.9. The predicted octanol–water partition coefficient (Wildman–Crippen LogP) is 4.10. The van der Waals surface area contributed by atoms with Gasteiger partial charge in [-0.05, 0) is 30.7 Å². The number of hydrogen-bond acceptors (Lipinski definition) is 3. The van der Waals surface area contributed by atoms with Crippen LogP contribution in [-0.4, -0.2) is 35.6 Å². The number of nitrogens with one attached hydrogen (secondary N) is 1. The number of halogens is 6. The Balaban J connectivity index is 1.94. The summed E-state index contributed by atoms with van der Waals surface area (Å²) in [6.45, 7) is 0. The highest BCUT2D eigenvalue weighted by Crippen LogP contribution is 2.37. The van der Waals surface area contributed by atoms with Gasteiger partial charge in [0.15, 0.2) is 0 Å². The molecule has 1 aliphatic carbocycles. The number of alkyl halides is 6. The second kappa shape index (κ2) is 7.40. The summed E-state index contributed by atoms with van der Waals surface area (Å²) >= 11 is 0. The van der Waals surface area contributed by atoms with Gasteiger partial charge in [0.2, 0.25) is 0 Å². The van der Waals surface area contributed by atoms with Crippen LogP contribution in [0.2, 0.25) is 0 Å². The number of amides is 1. The van der Waals surface area contributed by atoms with E-state index in [1.54, 1.807) is 0 Å². The Morgan fingerprint density at radius 3 is 2.31 bits per heavy atom. The van der Waals surface area contributed by atoms with Crippen LogP contribution in [0.5, 0.6) is 5.75 Å². The van der Waals surface area contributed by atoms with Crippen LogP contribution in [0.4, 0.5) is 32.0 Å². The molecular formula is C16H13F6NO3. The molecule has 10 heteroatoms. The third-order valence-corrected chi connectivity index (χ3v) is 3.34. The summed E-state index contributed by atoms with van der Waals surface area (Å²) in [7, 11) is 0. The summed E-state index contributed by atoms with van der Waals surface area (Å²) in [5.41, 5.74) is 0.423. The van der Waals surface area contributed by atoms with Gasteiger partial charge in [-0.2, -0.15) is 22.0 Å². The molecule has 2 N–H and O–H groups in total. The molecule has 0 saturated heterocycles. The molecule has 0 saturated carbocycles. The number of carbonyl (C=O) groups excluding carboxylic acids is 1. The number of ether oxygens (including phenoxy) is 1. The van der Waals surface area contributed by atoms with E-state index in [1.165, 1.54) is 30.3 Å². The van der Waals surface area contributed by atoms with Gasteiger partial charge in [0, 0.05) is 11.3 Å². The van der Waals surface area contributed by atoms with E-state index in [0.29, 0.717) is 5.69 Å². The third-order valence-electron chi connectivity index (χ3n) is 3.34. The van der Waals surface area contributed by atoms with E-state index in [1.807, 2.05) is 0 Å². The van der Waals surface area contributed by atoms with Crippen molar-refractivity contribution in [3.05, 3.63) is 48.1 Å². The summed E-state index contributed by atoms with van der Waals surface area (Å²) in [4.78, 5) is 12.0. The second-order valence-corrected chi connectivity index (χ2v) is 5.38. The quantitative estimate of drug-likeness (QED) is 0.597. The number of carbonyl (C=O) groups is 1. The highest BCUT2D eigenvalue weighted by molar-refractivity contribution is 6.05. The molecule has 26 heavy (non-hydrogen) atoms. The Morgan fingerprint density at radius 2 is 1.81 bits per heavy atom. The van der Waals surface area contributed by atoms with E-state index in [4.69, 9.17) is 5.11 Å². The summed E-state index contributed by atoms with van der Waals surface area (Å²) in [5.74, 6) is -0.610. The molecule has 1 amide bonds. The maximum absolute atomic E-state index is 13.2. The minimum absolute atomic E-state index is 0.00859. The monoisotopic (exact) mass is 381 g/mol. The molecule has 2 atom stereocenters. The molecule has 1 aliphatic rings. The lowest BCUT2D eigenvalue weighted by Crippen LogP contribution is -2.45. The lowest BCUT2D eigenvalue weighted by molar-refractivity contribution is -0.343. The predicted molar refractivity (Wildman–Crippen MR) is 79.3 cm³/mol. The van der Waals surface area contributed by atoms with E-state index < -0.39 is 30.5 Å². The Labute approximate surface area is 143 Å². The van der Waals surface area contributed by atoms with E-state index in [9.17, 15) is 31.1 Å². The van der Waals surface area contributed by atoms with Gasteiger partial charge in [0.1, 0.15) is 5.75 Å². The van der Waals surface area contributed by atoms with Crippen molar-refractivity contribution in [2.45, 2.75) is 31.0 Å². The van der Waals surface area contributed by atoms with Gasteiger partial charge in [0.25, 0.3) is 12.1 Å². The van der Waals surface area contributed by atoms with Crippen molar-refractivity contribution in [3.63, 3.8) is 0 Å². The zero-order chi connectivity index (χ0) is 19.5. The van der Waals surface area contributed by atoms with Crippen LogP contribution in [0.1, 0.15) is 6.42 Å². The minimum Gasteiger partial charge on any atom is -0.508 e. The molecule has 1 aromatic rings. The Kier molecular flexibility index (Phi) is 5.65. The third kappa shape index (κ3) is 5.01.